The monoisotopic (exact) mass is 468 g/mol. The predicted octanol–water partition coefficient (Wildman–Crippen LogP) is 4.75. The number of carbonyl (C=O) groups is 1. The lowest BCUT2D eigenvalue weighted by atomic mass is 10.1. The predicted molar refractivity (Wildman–Crippen MR) is 130 cm³/mol. The van der Waals surface area contributed by atoms with E-state index in [-0.39, 0.29) is 12.5 Å². The van der Waals surface area contributed by atoms with E-state index in [1.807, 2.05) is 29.7 Å². The zero-order valence-corrected chi connectivity index (χ0v) is 19.9. The summed E-state index contributed by atoms with van der Waals surface area (Å²) in [6.07, 6.45) is 6.84. The molecule has 3 rings (SSSR count). The third-order valence-electron chi connectivity index (χ3n) is 5.38. The van der Waals surface area contributed by atoms with E-state index in [0.29, 0.717) is 22.1 Å². The Hall–Kier alpha value is -1.21. The second-order valence-electron chi connectivity index (χ2n) is 7.60. The van der Waals surface area contributed by atoms with Crippen LogP contribution in [0.15, 0.2) is 23.2 Å². The first-order valence-corrected chi connectivity index (χ1v) is 12.5. The number of halogens is 2. The lowest BCUT2D eigenvalue weighted by molar-refractivity contribution is -0.129. The van der Waals surface area contributed by atoms with Crippen molar-refractivity contribution in [3.63, 3.8) is 0 Å². The second kappa shape index (κ2) is 11.4. The van der Waals surface area contributed by atoms with Crippen molar-refractivity contribution in [2.45, 2.75) is 45.2 Å². The summed E-state index contributed by atoms with van der Waals surface area (Å²) in [5.74, 6) is 2.54. The van der Waals surface area contributed by atoms with Crippen molar-refractivity contribution >= 4 is 58.5 Å². The van der Waals surface area contributed by atoms with E-state index >= 15 is 0 Å². The molecule has 2 fully saturated rings. The fraction of sp³-hybridized carbons (Fsp3) is 0.545. The molecule has 5 nitrogen and oxygen atoms in total. The Bertz CT molecular complexity index is 809. The van der Waals surface area contributed by atoms with Crippen LogP contribution in [0.25, 0.3) is 5.70 Å². The van der Waals surface area contributed by atoms with Crippen LogP contribution < -0.4 is 10.6 Å². The molecule has 2 saturated heterocycles. The molecule has 2 aliphatic rings. The molecule has 1 amide bonds. The van der Waals surface area contributed by atoms with Gasteiger partial charge >= 0.3 is 0 Å². The number of amides is 1. The summed E-state index contributed by atoms with van der Waals surface area (Å²) in [4.78, 5) is 19.2. The van der Waals surface area contributed by atoms with Crippen molar-refractivity contribution in [2.75, 3.05) is 31.1 Å². The molecule has 0 radical (unpaired) electrons. The highest BCUT2D eigenvalue weighted by molar-refractivity contribution is 7.99. The van der Waals surface area contributed by atoms with Gasteiger partial charge in [-0.2, -0.15) is 11.8 Å². The van der Waals surface area contributed by atoms with Gasteiger partial charge in [0.1, 0.15) is 0 Å². The highest BCUT2D eigenvalue weighted by atomic mass is 35.5. The van der Waals surface area contributed by atoms with E-state index in [4.69, 9.17) is 23.2 Å². The van der Waals surface area contributed by atoms with Crippen LogP contribution in [0.3, 0.4) is 0 Å². The average molecular weight is 469 g/mol. The number of aliphatic imine (C=N–C) groups is 1. The van der Waals surface area contributed by atoms with E-state index in [2.05, 4.69) is 22.5 Å². The molecular formula is C22H30Cl2N4OS. The third-order valence-corrected chi connectivity index (χ3v) is 7.26. The van der Waals surface area contributed by atoms with Crippen LogP contribution in [0, 0.1) is 0 Å². The number of allylic oxidation sites excluding steroid dienone is 1. The molecule has 2 unspecified atom stereocenters. The summed E-state index contributed by atoms with van der Waals surface area (Å²) in [5.41, 5.74) is 2.42. The summed E-state index contributed by atoms with van der Waals surface area (Å²) in [5, 5.41) is 7.96. The second-order valence-corrected chi connectivity index (χ2v) is 9.57. The first-order chi connectivity index (χ1) is 14.5. The Kier molecular flexibility index (Phi) is 8.93. The number of nitrogens with one attached hydrogen (secondary N) is 2. The Morgan fingerprint density at radius 3 is 2.80 bits per heavy atom. The Labute approximate surface area is 193 Å². The molecular weight excluding hydrogens is 439 g/mol. The van der Waals surface area contributed by atoms with Gasteiger partial charge in [0, 0.05) is 48.4 Å². The van der Waals surface area contributed by atoms with Crippen molar-refractivity contribution in [1.29, 1.82) is 0 Å². The molecule has 2 heterocycles. The first-order valence-electron chi connectivity index (χ1n) is 10.6. The Balaban J connectivity index is 1.62. The van der Waals surface area contributed by atoms with Gasteiger partial charge in [-0.1, -0.05) is 36.2 Å². The summed E-state index contributed by atoms with van der Waals surface area (Å²) >= 11 is 14.4. The van der Waals surface area contributed by atoms with Gasteiger partial charge in [-0.25, -0.2) is 0 Å². The van der Waals surface area contributed by atoms with Crippen LogP contribution in [0.1, 0.15) is 38.7 Å². The van der Waals surface area contributed by atoms with Gasteiger partial charge in [0.2, 0.25) is 5.91 Å². The van der Waals surface area contributed by atoms with Gasteiger partial charge < -0.3 is 15.5 Å². The number of thioether (sulfide) groups is 1. The number of benzene rings is 1. The van der Waals surface area contributed by atoms with Gasteiger partial charge in [0.15, 0.2) is 0 Å². The van der Waals surface area contributed by atoms with Crippen LogP contribution in [-0.4, -0.2) is 60.2 Å². The molecule has 0 saturated carbocycles. The van der Waals surface area contributed by atoms with Gasteiger partial charge in [0.25, 0.3) is 0 Å². The molecule has 0 bridgehead atoms. The van der Waals surface area contributed by atoms with Crippen LogP contribution in [-0.2, 0) is 4.79 Å². The Morgan fingerprint density at radius 1 is 1.30 bits per heavy atom. The van der Waals surface area contributed by atoms with Crippen LogP contribution in [0.2, 0.25) is 10.0 Å². The van der Waals surface area contributed by atoms with Crippen LogP contribution in [0.5, 0.6) is 0 Å². The first kappa shape index (κ1) is 23.5. The molecule has 0 spiro atoms. The van der Waals surface area contributed by atoms with E-state index in [1.165, 1.54) is 17.9 Å². The minimum atomic E-state index is 0.114. The fourth-order valence-corrected chi connectivity index (χ4v) is 5.37. The van der Waals surface area contributed by atoms with Crippen LogP contribution in [0.4, 0.5) is 5.69 Å². The molecule has 0 aliphatic carbocycles. The molecule has 2 aliphatic heterocycles. The minimum Gasteiger partial charge on any atom is -0.376 e. The highest BCUT2D eigenvalue weighted by Gasteiger charge is 2.28. The number of nitrogens with zero attached hydrogens (tertiary/aromatic N) is 2. The smallest absolute Gasteiger partial charge is 0.241 e. The molecule has 2 N–H and O–H groups in total. The van der Waals surface area contributed by atoms with Crippen molar-refractivity contribution < 1.29 is 4.79 Å². The summed E-state index contributed by atoms with van der Waals surface area (Å²) in [6, 6.07) is 4.56. The van der Waals surface area contributed by atoms with Crippen molar-refractivity contribution in [3.8, 4) is 0 Å². The maximum absolute atomic E-state index is 12.8. The molecule has 164 valence electrons. The largest absolute Gasteiger partial charge is 0.376 e. The molecule has 1 aromatic rings. The third kappa shape index (κ3) is 6.16. The normalized spacial score (nSPS) is 22.3. The van der Waals surface area contributed by atoms with Crippen molar-refractivity contribution in [3.05, 3.63) is 33.8 Å². The van der Waals surface area contributed by atoms with Crippen molar-refractivity contribution in [2.24, 2.45) is 4.99 Å². The highest BCUT2D eigenvalue weighted by Crippen LogP contribution is 2.34. The molecule has 1 aromatic carbocycles. The van der Waals surface area contributed by atoms with E-state index in [0.717, 1.165) is 42.9 Å². The minimum absolute atomic E-state index is 0.114. The number of carbonyl (C=O) groups excluding carboxylic acids is 1. The quantitative estimate of drug-likeness (QED) is 0.540. The summed E-state index contributed by atoms with van der Waals surface area (Å²) in [7, 11) is 0. The maximum Gasteiger partial charge on any atom is 0.241 e. The molecule has 2 atom stereocenters. The number of rotatable bonds is 8. The lowest BCUT2D eigenvalue weighted by Crippen LogP contribution is -2.42. The lowest BCUT2D eigenvalue weighted by Gasteiger charge is -2.21. The SMILES string of the molecule is CC=Nc1cc(Cl)c(Cl)cc1/C(=C/CC)NCC(=O)N1CCC(NC2CCSC2)C1. The zero-order valence-electron chi connectivity index (χ0n) is 17.6. The molecule has 30 heavy (non-hydrogen) atoms. The van der Waals surface area contributed by atoms with E-state index < -0.39 is 0 Å². The van der Waals surface area contributed by atoms with Crippen molar-refractivity contribution in [1.82, 2.24) is 15.5 Å². The maximum atomic E-state index is 12.8. The standard InChI is InChI=1S/C22H30Cl2N4OS/c1-3-5-20(17-10-18(23)19(24)11-21(17)25-4-2)26-12-22(29)28-8-6-15(13-28)27-16-7-9-30-14-16/h4-5,10-11,15-16,26-27H,3,6-9,12-14H2,1-2H3/b20-5-,25-4?. The summed E-state index contributed by atoms with van der Waals surface area (Å²) in [6.45, 7) is 5.75. The van der Waals surface area contributed by atoms with Gasteiger partial charge in [-0.05, 0) is 44.1 Å². The van der Waals surface area contributed by atoms with Gasteiger partial charge in [-0.15, -0.1) is 0 Å². The molecule has 0 aromatic heterocycles. The fourth-order valence-electron chi connectivity index (χ4n) is 3.88. The average Bonchev–Trinajstić information content (AvgIpc) is 3.40. The number of hydrogen-bond acceptors (Lipinski definition) is 5. The topological polar surface area (TPSA) is 56.7 Å². The number of hydrogen-bond donors (Lipinski definition) is 2. The van der Waals surface area contributed by atoms with Crippen LogP contribution >= 0.6 is 35.0 Å². The summed E-state index contributed by atoms with van der Waals surface area (Å²) < 4.78 is 0. The van der Waals surface area contributed by atoms with Gasteiger partial charge in [-0.3, -0.25) is 9.79 Å². The number of likely N-dealkylation sites (tertiary alicyclic amines) is 1. The zero-order chi connectivity index (χ0) is 21.5. The van der Waals surface area contributed by atoms with E-state index in [1.54, 1.807) is 18.3 Å². The Morgan fingerprint density at radius 2 is 2.10 bits per heavy atom. The van der Waals surface area contributed by atoms with Gasteiger partial charge in [0.05, 0.1) is 22.3 Å². The molecule has 8 heteroatoms. The van der Waals surface area contributed by atoms with E-state index in [9.17, 15) is 4.79 Å².